The molecule has 1 heterocycles. The van der Waals surface area contributed by atoms with E-state index < -0.39 is 5.82 Å². The zero-order valence-electron chi connectivity index (χ0n) is 11.1. The number of hydrogen-bond acceptors (Lipinski definition) is 3. The van der Waals surface area contributed by atoms with Gasteiger partial charge in [0.05, 0.1) is 12.2 Å². The van der Waals surface area contributed by atoms with E-state index in [9.17, 15) is 4.39 Å². The number of ether oxygens (including phenoxy) is 1. The summed E-state index contributed by atoms with van der Waals surface area (Å²) < 4.78 is 18.8. The van der Waals surface area contributed by atoms with Crippen LogP contribution in [0, 0.1) is 17.1 Å². The van der Waals surface area contributed by atoms with E-state index in [1.54, 1.807) is 12.1 Å². The average Bonchev–Trinajstić information content (AvgIpc) is 2.45. The van der Waals surface area contributed by atoms with Gasteiger partial charge in [-0.15, -0.1) is 0 Å². The molecule has 3 nitrogen and oxygen atoms in total. The van der Waals surface area contributed by atoms with Gasteiger partial charge in [0.1, 0.15) is 17.6 Å². The molecule has 0 bridgehead atoms. The van der Waals surface area contributed by atoms with Gasteiger partial charge >= 0.3 is 0 Å². The van der Waals surface area contributed by atoms with E-state index >= 15 is 0 Å². The Hall–Kier alpha value is -1.60. The summed E-state index contributed by atoms with van der Waals surface area (Å²) in [5.41, 5.74) is 0.0562. The third-order valence-corrected chi connectivity index (χ3v) is 3.40. The van der Waals surface area contributed by atoms with E-state index in [-0.39, 0.29) is 5.56 Å². The van der Waals surface area contributed by atoms with Crippen molar-refractivity contribution in [3.63, 3.8) is 0 Å². The summed E-state index contributed by atoms with van der Waals surface area (Å²) in [4.78, 5) is 2.45. The van der Waals surface area contributed by atoms with Gasteiger partial charge in [-0.3, -0.25) is 0 Å². The van der Waals surface area contributed by atoms with Gasteiger partial charge in [0.25, 0.3) is 0 Å². The second kappa shape index (κ2) is 7.10. The minimum Gasteiger partial charge on any atom is -0.493 e. The van der Waals surface area contributed by atoms with Gasteiger partial charge < -0.3 is 9.64 Å². The van der Waals surface area contributed by atoms with Gasteiger partial charge in [0.15, 0.2) is 0 Å². The van der Waals surface area contributed by atoms with Crippen molar-refractivity contribution in [1.29, 1.82) is 5.26 Å². The predicted octanol–water partition coefficient (Wildman–Crippen LogP) is 2.95. The molecule has 1 saturated heterocycles. The highest BCUT2D eigenvalue weighted by molar-refractivity contribution is 5.36. The first kappa shape index (κ1) is 13.8. The number of piperidine rings is 1. The Balaban J connectivity index is 1.70. The van der Waals surface area contributed by atoms with Gasteiger partial charge in [-0.25, -0.2) is 4.39 Å². The van der Waals surface area contributed by atoms with Crippen LogP contribution >= 0.6 is 0 Å². The summed E-state index contributed by atoms with van der Waals surface area (Å²) in [6.07, 6.45) is 4.88. The standard InChI is InChI=1S/C15H19FN2O/c16-15-11-14(6-5-13(15)12-17)19-10-4-9-18-7-2-1-3-8-18/h5-6,11H,1-4,7-10H2. The van der Waals surface area contributed by atoms with Crippen molar-refractivity contribution in [2.24, 2.45) is 0 Å². The van der Waals surface area contributed by atoms with Crippen LogP contribution in [-0.2, 0) is 0 Å². The third kappa shape index (κ3) is 4.22. The smallest absolute Gasteiger partial charge is 0.144 e. The number of halogens is 1. The normalized spacial score (nSPS) is 16.0. The Morgan fingerprint density at radius 3 is 2.74 bits per heavy atom. The molecule has 0 saturated carbocycles. The van der Waals surface area contributed by atoms with Crippen LogP contribution in [0.1, 0.15) is 31.2 Å². The molecule has 102 valence electrons. The molecule has 4 heteroatoms. The maximum atomic E-state index is 13.3. The number of nitrogens with zero attached hydrogens (tertiary/aromatic N) is 2. The quantitative estimate of drug-likeness (QED) is 0.765. The number of likely N-dealkylation sites (tertiary alicyclic amines) is 1. The average molecular weight is 262 g/mol. The molecule has 1 aromatic carbocycles. The first-order valence-electron chi connectivity index (χ1n) is 6.84. The van der Waals surface area contributed by atoms with Crippen LogP contribution in [0.3, 0.4) is 0 Å². The summed E-state index contributed by atoms with van der Waals surface area (Å²) >= 11 is 0. The summed E-state index contributed by atoms with van der Waals surface area (Å²) in [5, 5.41) is 8.63. The van der Waals surface area contributed by atoms with Crippen molar-refractivity contribution in [3.05, 3.63) is 29.6 Å². The fourth-order valence-electron chi connectivity index (χ4n) is 2.34. The van der Waals surface area contributed by atoms with E-state index in [1.165, 1.54) is 44.5 Å². The van der Waals surface area contributed by atoms with Crippen LogP contribution < -0.4 is 4.74 Å². The molecule has 0 aliphatic carbocycles. The lowest BCUT2D eigenvalue weighted by atomic mass is 10.1. The van der Waals surface area contributed by atoms with Crippen LogP contribution in [-0.4, -0.2) is 31.1 Å². The Morgan fingerprint density at radius 2 is 2.05 bits per heavy atom. The van der Waals surface area contributed by atoms with E-state index in [1.807, 2.05) is 0 Å². The van der Waals surface area contributed by atoms with E-state index in [0.717, 1.165) is 13.0 Å². The number of hydrogen-bond donors (Lipinski definition) is 0. The number of rotatable bonds is 5. The highest BCUT2D eigenvalue weighted by atomic mass is 19.1. The molecule has 1 aliphatic rings. The zero-order chi connectivity index (χ0) is 13.5. The van der Waals surface area contributed by atoms with Gasteiger partial charge in [-0.1, -0.05) is 6.42 Å². The minimum atomic E-state index is -0.518. The summed E-state index contributed by atoms with van der Waals surface area (Å²) in [6.45, 7) is 4.00. The minimum absolute atomic E-state index is 0.0562. The first-order valence-corrected chi connectivity index (χ1v) is 6.84. The van der Waals surface area contributed by atoms with E-state index in [2.05, 4.69) is 4.90 Å². The highest BCUT2D eigenvalue weighted by Gasteiger charge is 2.09. The van der Waals surface area contributed by atoms with Crippen molar-refractivity contribution in [3.8, 4) is 11.8 Å². The second-order valence-corrected chi connectivity index (χ2v) is 4.86. The number of nitriles is 1. The SMILES string of the molecule is N#Cc1ccc(OCCCN2CCCCC2)cc1F. The first-order chi connectivity index (χ1) is 9.29. The molecular weight excluding hydrogens is 243 g/mol. The van der Waals surface area contributed by atoms with Gasteiger partial charge in [0, 0.05) is 12.6 Å². The van der Waals surface area contributed by atoms with Crippen molar-refractivity contribution in [1.82, 2.24) is 4.90 Å². The van der Waals surface area contributed by atoms with E-state index in [0.29, 0.717) is 12.4 Å². The Labute approximate surface area is 113 Å². The molecule has 0 aromatic heterocycles. The zero-order valence-corrected chi connectivity index (χ0v) is 11.1. The van der Waals surface area contributed by atoms with Gasteiger partial charge in [0.2, 0.25) is 0 Å². The molecule has 0 atom stereocenters. The molecule has 19 heavy (non-hydrogen) atoms. The molecule has 0 unspecified atom stereocenters. The molecular formula is C15H19FN2O. The van der Waals surface area contributed by atoms with E-state index in [4.69, 9.17) is 10.00 Å². The van der Waals surface area contributed by atoms with Crippen molar-refractivity contribution < 1.29 is 9.13 Å². The molecule has 0 radical (unpaired) electrons. The lowest BCUT2D eigenvalue weighted by molar-refractivity contribution is 0.205. The lowest BCUT2D eigenvalue weighted by Gasteiger charge is -2.26. The van der Waals surface area contributed by atoms with Crippen molar-refractivity contribution in [2.45, 2.75) is 25.7 Å². The Kier molecular flexibility index (Phi) is 5.17. The Morgan fingerprint density at radius 1 is 1.26 bits per heavy atom. The van der Waals surface area contributed by atoms with Crippen molar-refractivity contribution >= 4 is 0 Å². The van der Waals surface area contributed by atoms with Crippen molar-refractivity contribution in [2.75, 3.05) is 26.2 Å². The van der Waals surface area contributed by atoms with Crippen LogP contribution in [0.5, 0.6) is 5.75 Å². The fraction of sp³-hybridized carbons (Fsp3) is 0.533. The summed E-state index contributed by atoms with van der Waals surface area (Å²) in [7, 11) is 0. The fourth-order valence-corrected chi connectivity index (χ4v) is 2.34. The summed E-state index contributed by atoms with van der Waals surface area (Å²) in [6, 6.07) is 6.17. The third-order valence-electron chi connectivity index (χ3n) is 3.40. The second-order valence-electron chi connectivity index (χ2n) is 4.86. The topological polar surface area (TPSA) is 36.3 Å². The number of benzene rings is 1. The molecule has 2 rings (SSSR count). The van der Waals surface area contributed by atoms with Gasteiger partial charge in [-0.2, -0.15) is 5.26 Å². The van der Waals surface area contributed by atoms with Crippen LogP contribution in [0.4, 0.5) is 4.39 Å². The largest absolute Gasteiger partial charge is 0.493 e. The summed E-state index contributed by atoms with van der Waals surface area (Å²) in [5.74, 6) is -0.0221. The predicted molar refractivity (Wildman–Crippen MR) is 71.5 cm³/mol. The monoisotopic (exact) mass is 262 g/mol. The Bertz CT molecular complexity index is 450. The maximum Gasteiger partial charge on any atom is 0.144 e. The molecule has 0 amide bonds. The molecule has 0 N–H and O–H groups in total. The van der Waals surface area contributed by atoms with Crippen LogP contribution in [0.2, 0.25) is 0 Å². The maximum absolute atomic E-state index is 13.3. The van der Waals surface area contributed by atoms with Crippen LogP contribution in [0.25, 0.3) is 0 Å². The lowest BCUT2D eigenvalue weighted by Crippen LogP contribution is -2.31. The molecule has 0 spiro atoms. The highest BCUT2D eigenvalue weighted by Crippen LogP contribution is 2.16. The van der Waals surface area contributed by atoms with Gasteiger partial charge in [-0.05, 0) is 44.5 Å². The molecule has 1 fully saturated rings. The molecule has 1 aromatic rings. The molecule has 1 aliphatic heterocycles. The van der Waals surface area contributed by atoms with Crippen LogP contribution in [0.15, 0.2) is 18.2 Å².